The molecule has 1 unspecified atom stereocenters. The Hall–Kier alpha value is -0.200. The zero-order valence-corrected chi connectivity index (χ0v) is 12.5. The first-order valence-corrected chi connectivity index (χ1v) is 7.37. The number of nitrogens with zero attached hydrogens (tertiary/aromatic N) is 1. The lowest BCUT2D eigenvalue weighted by molar-refractivity contribution is 0.0764. The van der Waals surface area contributed by atoms with E-state index in [-0.39, 0.29) is 12.0 Å². The molecular weight excluding hydrogens is 244 g/mol. The van der Waals surface area contributed by atoms with Crippen molar-refractivity contribution in [2.75, 3.05) is 66.3 Å². The van der Waals surface area contributed by atoms with Gasteiger partial charge in [-0.3, -0.25) is 4.90 Å². The number of hydrogen-bond acceptors (Lipinski definition) is 5. The number of methoxy groups -OCH3 is 1. The molecule has 0 saturated carbocycles. The van der Waals surface area contributed by atoms with E-state index in [1.165, 1.54) is 0 Å². The maximum atomic E-state index is 9.18. The molecule has 0 radical (unpaired) electrons. The van der Waals surface area contributed by atoms with Crippen LogP contribution in [0.5, 0.6) is 0 Å². The van der Waals surface area contributed by atoms with Crippen LogP contribution in [-0.2, 0) is 9.47 Å². The smallest absolute Gasteiger partial charge is 0.0589 e. The molecule has 19 heavy (non-hydrogen) atoms. The third-order valence-corrected chi connectivity index (χ3v) is 3.70. The zero-order valence-electron chi connectivity index (χ0n) is 12.5. The maximum Gasteiger partial charge on any atom is 0.0589 e. The predicted molar refractivity (Wildman–Crippen MR) is 76.4 cm³/mol. The fraction of sp³-hybridized carbons (Fsp3) is 1.00. The van der Waals surface area contributed by atoms with Gasteiger partial charge in [-0.2, -0.15) is 0 Å². The minimum absolute atomic E-state index is 0.193. The van der Waals surface area contributed by atoms with Crippen molar-refractivity contribution in [3.05, 3.63) is 0 Å². The van der Waals surface area contributed by atoms with E-state index in [9.17, 15) is 5.11 Å². The van der Waals surface area contributed by atoms with Gasteiger partial charge in [-0.25, -0.2) is 0 Å². The third-order valence-electron chi connectivity index (χ3n) is 3.70. The Morgan fingerprint density at radius 3 is 2.84 bits per heavy atom. The Bertz CT molecular complexity index is 221. The summed E-state index contributed by atoms with van der Waals surface area (Å²) in [4.78, 5) is 2.28. The summed E-state index contributed by atoms with van der Waals surface area (Å²) < 4.78 is 10.8. The fourth-order valence-corrected chi connectivity index (χ4v) is 2.61. The number of ether oxygens (including phenoxy) is 2. The van der Waals surface area contributed by atoms with Crippen molar-refractivity contribution in [1.82, 2.24) is 10.2 Å². The largest absolute Gasteiger partial charge is 0.395 e. The molecule has 5 heteroatoms. The quantitative estimate of drug-likeness (QED) is 0.532. The van der Waals surface area contributed by atoms with Crippen LogP contribution in [0.4, 0.5) is 0 Å². The van der Waals surface area contributed by atoms with Gasteiger partial charge in [0.05, 0.1) is 19.8 Å². The number of aliphatic hydroxyl groups excluding tert-OH is 1. The van der Waals surface area contributed by atoms with E-state index in [1.807, 2.05) is 0 Å². The average molecular weight is 274 g/mol. The molecule has 5 nitrogen and oxygen atoms in total. The summed E-state index contributed by atoms with van der Waals surface area (Å²) >= 11 is 0. The van der Waals surface area contributed by atoms with Gasteiger partial charge in [0.25, 0.3) is 0 Å². The molecule has 0 spiro atoms. The highest BCUT2D eigenvalue weighted by Gasteiger charge is 2.36. The van der Waals surface area contributed by atoms with Gasteiger partial charge in [0, 0.05) is 45.3 Å². The summed E-state index contributed by atoms with van der Waals surface area (Å²) in [7, 11) is 1.72. The van der Waals surface area contributed by atoms with Crippen LogP contribution >= 0.6 is 0 Å². The Morgan fingerprint density at radius 1 is 1.42 bits per heavy atom. The van der Waals surface area contributed by atoms with Crippen molar-refractivity contribution in [2.24, 2.45) is 5.41 Å². The molecule has 1 heterocycles. The Labute approximate surface area is 117 Å². The van der Waals surface area contributed by atoms with Gasteiger partial charge in [0.15, 0.2) is 0 Å². The molecule has 0 amide bonds. The normalized spacial score (nSPS) is 23.4. The SMILES string of the molecule is CCCNCC1(CN(CCO)CCOC)CCOC1. The van der Waals surface area contributed by atoms with Crippen molar-refractivity contribution >= 4 is 0 Å². The second-order valence-corrected chi connectivity index (χ2v) is 5.47. The highest BCUT2D eigenvalue weighted by molar-refractivity contribution is 4.88. The molecule has 1 atom stereocenters. The van der Waals surface area contributed by atoms with Gasteiger partial charge >= 0.3 is 0 Å². The van der Waals surface area contributed by atoms with E-state index >= 15 is 0 Å². The van der Waals surface area contributed by atoms with Crippen molar-refractivity contribution in [2.45, 2.75) is 19.8 Å². The number of hydrogen-bond donors (Lipinski definition) is 2. The van der Waals surface area contributed by atoms with E-state index in [0.717, 1.165) is 52.2 Å². The Morgan fingerprint density at radius 2 is 2.26 bits per heavy atom. The van der Waals surface area contributed by atoms with Crippen LogP contribution in [0.25, 0.3) is 0 Å². The molecule has 0 aromatic heterocycles. The molecule has 1 aliphatic heterocycles. The number of nitrogens with one attached hydrogen (secondary N) is 1. The topological polar surface area (TPSA) is 54.0 Å². The van der Waals surface area contributed by atoms with Crippen molar-refractivity contribution in [3.63, 3.8) is 0 Å². The summed E-state index contributed by atoms with van der Waals surface area (Å²) in [5, 5.41) is 12.7. The summed E-state index contributed by atoms with van der Waals surface area (Å²) in [6.07, 6.45) is 2.25. The van der Waals surface area contributed by atoms with Crippen LogP contribution < -0.4 is 5.32 Å². The van der Waals surface area contributed by atoms with Crippen molar-refractivity contribution in [3.8, 4) is 0 Å². The standard InChI is InChI=1S/C14H30N2O3/c1-3-5-15-11-14(4-9-19-13-14)12-16(6-8-17)7-10-18-2/h15,17H,3-13H2,1-2H3. The van der Waals surface area contributed by atoms with Crippen LogP contribution in [0.2, 0.25) is 0 Å². The molecule has 114 valence electrons. The minimum Gasteiger partial charge on any atom is -0.395 e. The fourth-order valence-electron chi connectivity index (χ4n) is 2.61. The molecule has 0 bridgehead atoms. The van der Waals surface area contributed by atoms with Crippen molar-refractivity contribution in [1.29, 1.82) is 0 Å². The Balaban J connectivity index is 2.48. The molecule has 0 aromatic carbocycles. The van der Waals surface area contributed by atoms with Gasteiger partial charge in [0.2, 0.25) is 0 Å². The minimum atomic E-state index is 0.193. The molecule has 2 N–H and O–H groups in total. The lowest BCUT2D eigenvalue weighted by atomic mass is 9.86. The molecule has 1 fully saturated rings. The van der Waals surface area contributed by atoms with Gasteiger partial charge < -0.3 is 19.9 Å². The molecule has 1 saturated heterocycles. The summed E-state index contributed by atoms with van der Waals surface area (Å²) in [5.74, 6) is 0. The van der Waals surface area contributed by atoms with Gasteiger partial charge in [-0.15, -0.1) is 0 Å². The summed E-state index contributed by atoms with van der Waals surface area (Å²) in [5.41, 5.74) is 0.193. The van der Waals surface area contributed by atoms with Crippen LogP contribution in [0.1, 0.15) is 19.8 Å². The molecular formula is C14H30N2O3. The molecule has 1 rings (SSSR count). The van der Waals surface area contributed by atoms with Crippen LogP contribution in [0.3, 0.4) is 0 Å². The average Bonchev–Trinajstić information content (AvgIpc) is 2.85. The van der Waals surface area contributed by atoms with E-state index in [2.05, 4.69) is 17.1 Å². The highest BCUT2D eigenvalue weighted by atomic mass is 16.5. The first kappa shape index (κ1) is 16.9. The highest BCUT2D eigenvalue weighted by Crippen LogP contribution is 2.29. The third kappa shape index (κ3) is 6.19. The maximum absolute atomic E-state index is 9.18. The zero-order chi connectivity index (χ0) is 14.0. The van der Waals surface area contributed by atoms with Gasteiger partial charge in [0.1, 0.15) is 0 Å². The molecule has 1 aliphatic rings. The second kappa shape index (κ2) is 9.66. The molecule has 0 aliphatic carbocycles. The van der Waals surface area contributed by atoms with E-state index in [0.29, 0.717) is 13.2 Å². The monoisotopic (exact) mass is 274 g/mol. The van der Waals surface area contributed by atoms with Crippen LogP contribution in [0, 0.1) is 5.41 Å². The van der Waals surface area contributed by atoms with Gasteiger partial charge in [-0.1, -0.05) is 6.92 Å². The van der Waals surface area contributed by atoms with Crippen molar-refractivity contribution < 1.29 is 14.6 Å². The predicted octanol–water partition coefficient (Wildman–Crippen LogP) is 0.333. The van der Waals surface area contributed by atoms with E-state index < -0.39 is 0 Å². The summed E-state index contributed by atoms with van der Waals surface area (Å²) in [6, 6.07) is 0. The lowest BCUT2D eigenvalue weighted by Crippen LogP contribution is -2.46. The number of rotatable bonds is 11. The van der Waals surface area contributed by atoms with Crippen LogP contribution in [-0.4, -0.2) is 76.3 Å². The second-order valence-electron chi connectivity index (χ2n) is 5.47. The van der Waals surface area contributed by atoms with E-state index in [4.69, 9.17) is 9.47 Å². The number of aliphatic hydroxyl groups is 1. The lowest BCUT2D eigenvalue weighted by Gasteiger charge is -2.34. The first-order valence-electron chi connectivity index (χ1n) is 7.37. The van der Waals surface area contributed by atoms with Gasteiger partial charge in [-0.05, 0) is 19.4 Å². The summed E-state index contributed by atoms with van der Waals surface area (Å²) in [6.45, 7) is 9.35. The van der Waals surface area contributed by atoms with Crippen LogP contribution in [0.15, 0.2) is 0 Å². The molecule has 0 aromatic rings. The Kier molecular flexibility index (Phi) is 8.57. The first-order chi connectivity index (χ1) is 9.26. The van der Waals surface area contributed by atoms with E-state index in [1.54, 1.807) is 7.11 Å².